The summed E-state index contributed by atoms with van der Waals surface area (Å²) < 4.78 is 1.85. The number of carbonyl (C=O) groups is 1. The van der Waals surface area contributed by atoms with Crippen molar-refractivity contribution in [3.05, 3.63) is 11.9 Å². The van der Waals surface area contributed by atoms with Gasteiger partial charge in [-0.1, -0.05) is 11.6 Å². The van der Waals surface area contributed by atoms with Crippen molar-refractivity contribution in [1.29, 1.82) is 0 Å². The van der Waals surface area contributed by atoms with Crippen LogP contribution in [0.3, 0.4) is 0 Å². The minimum atomic E-state index is -0.0930. The normalized spacial score (nSPS) is 22.2. The number of piperidine rings is 1. The Hall–Kier alpha value is -1.43. The fraction of sp³-hybridized carbons (Fsp3) is 0.786. The second kappa shape index (κ2) is 5.91. The molecule has 2 N–H and O–H groups in total. The standard InChI is InChI=1S/C14H23N5O/c1-10(11-3-2-4-11)16-14(20)13-9-19(18-17-13)12-5-7-15-8-6-12/h9-12,15H,2-8H2,1H3,(H,16,20). The molecule has 3 rings (SSSR count). The summed E-state index contributed by atoms with van der Waals surface area (Å²) in [5.41, 5.74) is 0.440. The van der Waals surface area contributed by atoms with Crippen molar-refractivity contribution >= 4 is 5.91 Å². The molecule has 0 bridgehead atoms. The topological polar surface area (TPSA) is 71.8 Å². The van der Waals surface area contributed by atoms with Gasteiger partial charge in [0.05, 0.1) is 12.2 Å². The largest absolute Gasteiger partial charge is 0.348 e. The molecule has 1 aliphatic carbocycles. The van der Waals surface area contributed by atoms with Crippen molar-refractivity contribution in [2.24, 2.45) is 5.92 Å². The van der Waals surface area contributed by atoms with Crippen LogP contribution in [0.25, 0.3) is 0 Å². The number of carbonyl (C=O) groups excluding carboxylic acids is 1. The van der Waals surface area contributed by atoms with Crippen LogP contribution >= 0.6 is 0 Å². The summed E-state index contributed by atoms with van der Waals surface area (Å²) >= 11 is 0. The fourth-order valence-electron chi connectivity index (χ4n) is 2.97. The van der Waals surface area contributed by atoms with Crippen LogP contribution in [0.2, 0.25) is 0 Å². The van der Waals surface area contributed by atoms with Gasteiger partial charge in [0.1, 0.15) is 0 Å². The van der Waals surface area contributed by atoms with Crippen molar-refractivity contribution < 1.29 is 4.79 Å². The van der Waals surface area contributed by atoms with Crippen LogP contribution in [0.1, 0.15) is 55.6 Å². The van der Waals surface area contributed by atoms with Crippen molar-refractivity contribution in [1.82, 2.24) is 25.6 Å². The summed E-state index contributed by atoms with van der Waals surface area (Å²) in [5, 5.41) is 14.5. The third kappa shape index (κ3) is 2.85. The molecule has 1 aromatic rings. The minimum Gasteiger partial charge on any atom is -0.348 e. The average molecular weight is 277 g/mol. The van der Waals surface area contributed by atoms with E-state index < -0.39 is 0 Å². The van der Waals surface area contributed by atoms with Gasteiger partial charge in [0, 0.05) is 6.04 Å². The van der Waals surface area contributed by atoms with Crippen LogP contribution in [0.15, 0.2) is 6.20 Å². The van der Waals surface area contributed by atoms with E-state index in [0.29, 0.717) is 17.7 Å². The Morgan fingerprint density at radius 1 is 1.40 bits per heavy atom. The maximum Gasteiger partial charge on any atom is 0.273 e. The van der Waals surface area contributed by atoms with E-state index in [1.807, 2.05) is 4.68 Å². The highest BCUT2D eigenvalue weighted by atomic mass is 16.2. The van der Waals surface area contributed by atoms with Gasteiger partial charge >= 0.3 is 0 Å². The maximum atomic E-state index is 12.2. The van der Waals surface area contributed by atoms with Crippen molar-refractivity contribution in [2.45, 2.75) is 51.1 Å². The molecule has 0 radical (unpaired) electrons. The molecule has 6 heteroatoms. The van der Waals surface area contributed by atoms with Gasteiger partial charge in [-0.3, -0.25) is 4.79 Å². The van der Waals surface area contributed by atoms with E-state index in [-0.39, 0.29) is 11.9 Å². The van der Waals surface area contributed by atoms with Gasteiger partial charge in [0.15, 0.2) is 5.69 Å². The highest BCUT2D eigenvalue weighted by Crippen LogP contribution is 2.29. The van der Waals surface area contributed by atoms with Gasteiger partial charge in [-0.25, -0.2) is 4.68 Å². The molecule has 2 heterocycles. The van der Waals surface area contributed by atoms with E-state index in [1.54, 1.807) is 6.20 Å². The maximum absolute atomic E-state index is 12.2. The number of nitrogens with one attached hydrogen (secondary N) is 2. The quantitative estimate of drug-likeness (QED) is 0.865. The summed E-state index contributed by atoms with van der Waals surface area (Å²) in [6, 6.07) is 0.606. The summed E-state index contributed by atoms with van der Waals surface area (Å²) in [6.07, 6.45) is 7.62. The molecule has 1 amide bonds. The second-order valence-electron chi connectivity index (χ2n) is 6.02. The molecule has 1 saturated carbocycles. The van der Waals surface area contributed by atoms with Gasteiger partial charge in [0.25, 0.3) is 5.91 Å². The zero-order chi connectivity index (χ0) is 13.9. The number of amides is 1. The van der Waals surface area contributed by atoms with Crippen LogP contribution in [0.5, 0.6) is 0 Å². The molecule has 1 aliphatic heterocycles. The van der Waals surface area contributed by atoms with E-state index in [9.17, 15) is 4.79 Å². The first kappa shape index (κ1) is 13.5. The van der Waals surface area contributed by atoms with Gasteiger partial charge < -0.3 is 10.6 Å². The fourth-order valence-corrected chi connectivity index (χ4v) is 2.97. The lowest BCUT2D eigenvalue weighted by Crippen LogP contribution is -2.40. The van der Waals surface area contributed by atoms with E-state index in [2.05, 4.69) is 27.9 Å². The zero-order valence-corrected chi connectivity index (χ0v) is 12.0. The first-order valence-electron chi connectivity index (χ1n) is 7.67. The third-order valence-corrected chi connectivity index (χ3v) is 4.64. The first-order chi connectivity index (χ1) is 9.74. The van der Waals surface area contributed by atoms with Gasteiger partial charge in [-0.15, -0.1) is 5.10 Å². The van der Waals surface area contributed by atoms with E-state index >= 15 is 0 Å². The number of nitrogens with zero attached hydrogens (tertiary/aromatic N) is 3. The molecular formula is C14H23N5O. The summed E-state index contributed by atoms with van der Waals surface area (Å²) in [4.78, 5) is 12.2. The summed E-state index contributed by atoms with van der Waals surface area (Å²) in [5.74, 6) is 0.544. The SMILES string of the molecule is CC(NC(=O)c1cn(C2CCNCC2)nn1)C1CCC1. The lowest BCUT2D eigenvalue weighted by Gasteiger charge is -2.31. The number of rotatable bonds is 4. The summed E-state index contributed by atoms with van der Waals surface area (Å²) in [6.45, 7) is 4.09. The molecule has 110 valence electrons. The lowest BCUT2D eigenvalue weighted by atomic mass is 9.80. The monoisotopic (exact) mass is 277 g/mol. The molecule has 1 atom stereocenters. The van der Waals surface area contributed by atoms with E-state index in [0.717, 1.165) is 25.9 Å². The number of aromatic nitrogens is 3. The van der Waals surface area contributed by atoms with Crippen molar-refractivity contribution in [2.75, 3.05) is 13.1 Å². The summed E-state index contributed by atoms with van der Waals surface area (Å²) in [7, 11) is 0. The molecule has 20 heavy (non-hydrogen) atoms. The van der Waals surface area contributed by atoms with Crippen molar-refractivity contribution in [3.8, 4) is 0 Å². The minimum absolute atomic E-state index is 0.0930. The molecule has 1 unspecified atom stereocenters. The molecule has 2 aliphatic rings. The second-order valence-corrected chi connectivity index (χ2v) is 6.02. The lowest BCUT2D eigenvalue weighted by molar-refractivity contribution is 0.0904. The van der Waals surface area contributed by atoms with Gasteiger partial charge in [-0.2, -0.15) is 0 Å². The zero-order valence-electron chi connectivity index (χ0n) is 12.0. The molecule has 1 aromatic heterocycles. The van der Waals surface area contributed by atoms with Crippen LogP contribution in [0, 0.1) is 5.92 Å². The third-order valence-electron chi connectivity index (χ3n) is 4.64. The Morgan fingerprint density at radius 2 is 2.15 bits per heavy atom. The molecule has 0 spiro atoms. The van der Waals surface area contributed by atoms with Crippen molar-refractivity contribution in [3.63, 3.8) is 0 Å². The van der Waals surface area contributed by atoms with Crippen LogP contribution in [0.4, 0.5) is 0 Å². The van der Waals surface area contributed by atoms with E-state index in [4.69, 9.17) is 0 Å². The molecule has 1 saturated heterocycles. The Kier molecular flexibility index (Phi) is 4.00. The highest BCUT2D eigenvalue weighted by Gasteiger charge is 2.26. The van der Waals surface area contributed by atoms with Gasteiger partial charge in [0.2, 0.25) is 0 Å². The van der Waals surface area contributed by atoms with Crippen LogP contribution in [-0.2, 0) is 0 Å². The number of hydrogen-bond acceptors (Lipinski definition) is 4. The molecule has 6 nitrogen and oxygen atoms in total. The Labute approximate surface area is 119 Å². The predicted molar refractivity (Wildman–Crippen MR) is 75.4 cm³/mol. The Balaban J connectivity index is 1.58. The molecule has 0 aromatic carbocycles. The Bertz CT molecular complexity index is 462. The van der Waals surface area contributed by atoms with E-state index in [1.165, 1.54) is 19.3 Å². The highest BCUT2D eigenvalue weighted by molar-refractivity contribution is 5.92. The predicted octanol–water partition coefficient (Wildman–Crippen LogP) is 1.12. The average Bonchev–Trinajstić information content (AvgIpc) is 2.87. The number of hydrogen-bond donors (Lipinski definition) is 2. The van der Waals surface area contributed by atoms with Crippen LogP contribution in [-0.4, -0.2) is 40.0 Å². The molecular weight excluding hydrogens is 254 g/mol. The smallest absolute Gasteiger partial charge is 0.273 e. The Morgan fingerprint density at radius 3 is 2.80 bits per heavy atom. The molecule has 2 fully saturated rings. The van der Waals surface area contributed by atoms with Gasteiger partial charge in [-0.05, 0) is 51.6 Å². The first-order valence-corrected chi connectivity index (χ1v) is 7.67. The van der Waals surface area contributed by atoms with Crippen LogP contribution < -0.4 is 10.6 Å².